The summed E-state index contributed by atoms with van der Waals surface area (Å²) in [7, 11) is 0. The lowest BCUT2D eigenvalue weighted by Crippen LogP contribution is -2.57. The molecule has 1 fully saturated rings. The molecule has 2 amide bonds. The largest absolute Gasteiger partial charge is 0.489 e. The van der Waals surface area contributed by atoms with Gasteiger partial charge in [0.25, 0.3) is 5.91 Å². The van der Waals surface area contributed by atoms with E-state index in [1.165, 1.54) is 4.90 Å². The Morgan fingerprint density at radius 1 is 1.39 bits per heavy atom. The molecule has 2 aliphatic rings. The molecule has 1 saturated heterocycles. The quantitative estimate of drug-likeness (QED) is 0.775. The number of hydrogen-bond donors (Lipinski definition) is 1. The minimum absolute atomic E-state index is 0.0428. The first-order valence-electron chi connectivity index (χ1n) is 6.76. The number of piperazine rings is 1. The fraction of sp³-hybridized carbons (Fsp3) is 0.462. The molecule has 0 spiro atoms. The first kappa shape index (κ1) is 15.4. The summed E-state index contributed by atoms with van der Waals surface area (Å²) in [6, 6.07) is 0.184. The standard InChI is InChI=1S/C13H12F3N3O4/c14-13(15,16)7-3-9-10(17-4-7)11(20)19-2-1-18(12(21)22)5-8(19)6-23-9/h3-4,8H,1-2,5-6H2,(H,21,22)/t8-/m0/s1. The van der Waals surface area contributed by atoms with E-state index < -0.39 is 29.8 Å². The lowest BCUT2D eigenvalue weighted by molar-refractivity contribution is -0.138. The molecule has 1 N–H and O–H groups in total. The highest BCUT2D eigenvalue weighted by Crippen LogP contribution is 2.33. The predicted molar refractivity (Wildman–Crippen MR) is 69.2 cm³/mol. The highest BCUT2D eigenvalue weighted by atomic mass is 19.4. The second-order valence-corrected chi connectivity index (χ2v) is 5.26. The Bertz CT molecular complexity index is 664. The van der Waals surface area contributed by atoms with E-state index in [1.54, 1.807) is 0 Å². The zero-order chi connectivity index (χ0) is 16.8. The monoisotopic (exact) mass is 331 g/mol. The van der Waals surface area contributed by atoms with Crippen molar-refractivity contribution >= 4 is 12.0 Å². The van der Waals surface area contributed by atoms with Crippen LogP contribution in [0.25, 0.3) is 0 Å². The van der Waals surface area contributed by atoms with Gasteiger partial charge in [-0.3, -0.25) is 4.79 Å². The van der Waals surface area contributed by atoms with Crippen molar-refractivity contribution in [3.63, 3.8) is 0 Å². The number of halogens is 3. The van der Waals surface area contributed by atoms with Crippen molar-refractivity contribution in [1.29, 1.82) is 0 Å². The van der Waals surface area contributed by atoms with Gasteiger partial charge in [-0.15, -0.1) is 0 Å². The smallest absolute Gasteiger partial charge is 0.418 e. The molecule has 7 nitrogen and oxygen atoms in total. The van der Waals surface area contributed by atoms with Crippen LogP contribution in [0.15, 0.2) is 12.3 Å². The summed E-state index contributed by atoms with van der Waals surface area (Å²) < 4.78 is 43.5. The maximum Gasteiger partial charge on any atom is 0.418 e. The van der Waals surface area contributed by atoms with Gasteiger partial charge in [0, 0.05) is 25.8 Å². The maximum absolute atomic E-state index is 12.7. The molecule has 0 aliphatic carbocycles. The first-order valence-corrected chi connectivity index (χ1v) is 6.76. The summed E-state index contributed by atoms with van der Waals surface area (Å²) in [5.41, 5.74) is -1.19. The minimum Gasteiger partial charge on any atom is -0.489 e. The number of nitrogens with zero attached hydrogens (tertiary/aromatic N) is 3. The number of fused-ring (bicyclic) bond motifs is 2. The highest BCUT2D eigenvalue weighted by Gasteiger charge is 2.39. The number of carboxylic acid groups (broad SMARTS) is 1. The molecule has 1 atom stereocenters. The number of alkyl halides is 3. The Hall–Kier alpha value is -2.52. The average molecular weight is 331 g/mol. The summed E-state index contributed by atoms with van der Waals surface area (Å²) in [6.07, 6.45) is -5.11. The van der Waals surface area contributed by atoms with Gasteiger partial charge in [0.1, 0.15) is 6.61 Å². The summed E-state index contributed by atoms with van der Waals surface area (Å²) in [5, 5.41) is 9.01. The van der Waals surface area contributed by atoms with Gasteiger partial charge in [-0.25, -0.2) is 9.78 Å². The van der Waals surface area contributed by atoms with Crippen LogP contribution in [0.2, 0.25) is 0 Å². The molecule has 3 heterocycles. The second kappa shape index (κ2) is 5.28. The number of hydrogen-bond acceptors (Lipinski definition) is 4. The van der Waals surface area contributed by atoms with Crippen LogP contribution in [-0.4, -0.2) is 64.2 Å². The van der Waals surface area contributed by atoms with E-state index in [1.807, 2.05) is 0 Å². The molecule has 10 heteroatoms. The number of rotatable bonds is 0. The molecule has 2 aliphatic heterocycles. The fourth-order valence-corrected chi connectivity index (χ4v) is 2.63. The zero-order valence-electron chi connectivity index (χ0n) is 11.7. The molecule has 0 unspecified atom stereocenters. The van der Waals surface area contributed by atoms with Crippen molar-refractivity contribution in [3.8, 4) is 5.75 Å². The number of amides is 2. The van der Waals surface area contributed by atoms with Crippen LogP contribution in [0.3, 0.4) is 0 Å². The van der Waals surface area contributed by atoms with E-state index in [0.717, 1.165) is 11.0 Å². The molecule has 3 rings (SSSR count). The van der Waals surface area contributed by atoms with Crippen molar-refractivity contribution in [3.05, 3.63) is 23.5 Å². The third-order valence-electron chi connectivity index (χ3n) is 3.83. The molecular weight excluding hydrogens is 319 g/mol. The van der Waals surface area contributed by atoms with E-state index in [4.69, 9.17) is 9.84 Å². The molecule has 1 aromatic heterocycles. The van der Waals surface area contributed by atoms with Gasteiger partial charge in [-0.2, -0.15) is 13.2 Å². The van der Waals surface area contributed by atoms with Crippen molar-refractivity contribution in [2.75, 3.05) is 26.2 Å². The van der Waals surface area contributed by atoms with Crippen molar-refractivity contribution in [2.45, 2.75) is 12.2 Å². The third kappa shape index (κ3) is 2.76. The van der Waals surface area contributed by atoms with Gasteiger partial charge in [0.05, 0.1) is 11.6 Å². The summed E-state index contributed by atoms with van der Waals surface area (Å²) in [4.78, 5) is 29.6. The Balaban J connectivity index is 1.90. The Labute approximate surface area is 128 Å². The lowest BCUT2D eigenvalue weighted by atomic mass is 10.1. The molecule has 0 aromatic carbocycles. The van der Waals surface area contributed by atoms with Gasteiger partial charge in [-0.1, -0.05) is 0 Å². The van der Waals surface area contributed by atoms with Crippen LogP contribution >= 0.6 is 0 Å². The molecule has 1 aromatic rings. The minimum atomic E-state index is -4.59. The van der Waals surface area contributed by atoms with Crippen LogP contribution in [0.5, 0.6) is 5.75 Å². The SMILES string of the molecule is O=C(O)N1CCN2C(=O)c3ncc(C(F)(F)F)cc3OC[C@@H]2C1. The van der Waals surface area contributed by atoms with Gasteiger partial charge in [-0.05, 0) is 6.07 Å². The van der Waals surface area contributed by atoms with E-state index in [-0.39, 0.29) is 37.7 Å². The Morgan fingerprint density at radius 2 is 2.13 bits per heavy atom. The molecule has 23 heavy (non-hydrogen) atoms. The number of carbonyl (C=O) groups is 2. The molecule has 0 radical (unpaired) electrons. The van der Waals surface area contributed by atoms with E-state index in [9.17, 15) is 22.8 Å². The highest BCUT2D eigenvalue weighted by molar-refractivity contribution is 5.95. The van der Waals surface area contributed by atoms with E-state index in [2.05, 4.69) is 4.98 Å². The van der Waals surface area contributed by atoms with Crippen LogP contribution in [0.1, 0.15) is 16.1 Å². The zero-order valence-corrected chi connectivity index (χ0v) is 11.7. The predicted octanol–water partition coefficient (Wildman–Crippen LogP) is 1.30. The molecule has 124 valence electrons. The Morgan fingerprint density at radius 3 is 2.78 bits per heavy atom. The van der Waals surface area contributed by atoms with Crippen LogP contribution in [0, 0.1) is 0 Å². The van der Waals surface area contributed by atoms with E-state index in [0.29, 0.717) is 6.20 Å². The fourth-order valence-electron chi connectivity index (χ4n) is 2.63. The van der Waals surface area contributed by atoms with Gasteiger partial charge >= 0.3 is 12.3 Å². The second-order valence-electron chi connectivity index (χ2n) is 5.26. The summed E-state index contributed by atoms with van der Waals surface area (Å²) in [5.74, 6) is -0.789. The van der Waals surface area contributed by atoms with Gasteiger partial charge in [0.15, 0.2) is 11.4 Å². The number of pyridine rings is 1. The van der Waals surface area contributed by atoms with E-state index >= 15 is 0 Å². The summed E-state index contributed by atoms with van der Waals surface area (Å²) in [6.45, 7) is 0.224. The van der Waals surface area contributed by atoms with Crippen LogP contribution < -0.4 is 4.74 Å². The average Bonchev–Trinajstić information content (AvgIpc) is 2.63. The summed E-state index contributed by atoms with van der Waals surface area (Å²) >= 11 is 0. The first-order chi connectivity index (χ1) is 10.8. The number of aromatic nitrogens is 1. The van der Waals surface area contributed by atoms with Crippen molar-refractivity contribution < 1.29 is 32.6 Å². The van der Waals surface area contributed by atoms with Gasteiger partial charge < -0.3 is 19.6 Å². The van der Waals surface area contributed by atoms with Crippen molar-refractivity contribution in [1.82, 2.24) is 14.8 Å². The third-order valence-corrected chi connectivity index (χ3v) is 3.83. The van der Waals surface area contributed by atoms with Crippen LogP contribution in [0.4, 0.5) is 18.0 Å². The molecule has 0 saturated carbocycles. The van der Waals surface area contributed by atoms with Crippen molar-refractivity contribution in [2.24, 2.45) is 0 Å². The lowest BCUT2D eigenvalue weighted by Gasteiger charge is -2.38. The van der Waals surface area contributed by atoms with Crippen LogP contribution in [-0.2, 0) is 6.18 Å². The maximum atomic E-state index is 12.7. The topological polar surface area (TPSA) is 83.0 Å². The Kier molecular flexibility index (Phi) is 3.53. The molecular formula is C13H12F3N3O4. The molecule has 0 bridgehead atoms. The number of carbonyl (C=O) groups excluding carboxylic acids is 1. The number of ether oxygens (including phenoxy) is 1. The normalized spacial score (nSPS) is 21.2. The van der Waals surface area contributed by atoms with Gasteiger partial charge in [0.2, 0.25) is 0 Å².